The first-order valence-electron chi connectivity index (χ1n) is 11.1. The van der Waals surface area contributed by atoms with Crippen molar-refractivity contribution in [1.82, 2.24) is 16.0 Å². The minimum Gasteiger partial charge on any atom is -0.480 e. The van der Waals surface area contributed by atoms with Gasteiger partial charge in [-0.2, -0.15) is 0 Å². The molecule has 3 amide bonds. The number of nitrogens with one attached hydrogen (secondary N) is 3. The molecule has 0 radical (unpaired) electrons. The quantitative estimate of drug-likeness (QED) is 0.0487. The molecule has 0 aliphatic rings. The predicted molar refractivity (Wildman–Crippen MR) is 130 cm³/mol. The fourth-order valence-electron chi connectivity index (χ4n) is 2.81. The number of guanidine groups is 2. The van der Waals surface area contributed by atoms with Gasteiger partial charge in [0.15, 0.2) is 11.9 Å². The number of aliphatic imine (C=N–C) groups is 2. The van der Waals surface area contributed by atoms with Crippen LogP contribution in [0.1, 0.15) is 32.6 Å². The number of aliphatic hydroxyl groups is 2. The van der Waals surface area contributed by atoms with Gasteiger partial charge in [0.25, 0.3) is 0 Å². The molecule has 16 N–H and O–H groups in total. The van der Waals surface area contributed by atoms with E-state index in [1.54, 1.807) is 0 Å². The molecule has 0 rings (SSSR count). The molecule has 0 aliphatic carbocycles. The molecule has 17 heteroatoms. The van der Waals surface area contributed by atoms with Gasteiger partial charge in [-0.3, -0.25) is 24.4 Å². The molecule has 0 aromatic rings. The lowest BCUT2D eigenvalue weighted by Gasteiger charge is -2.26. The van der Waals surface area contributed by atoms with Gasteiger partial charge in [-0.15, -0.1) is 0 Å². The maximum Gasteiger partial charge on any atom is 0.328 e. The minimum atomic E-state index is -1.61. The van der Waals surface area contributed by atoms with Gasteiger partial charge in [0, 0.05) is 13.1 Å². The number of carbonyl (C=O) groups excluding carboxylic acids is 3. The van der Waals surface area contributed by atoms with Crippen LogP contribution in [0.3, 0.4) is 0 Å². The van der Waals surface area contributed by atoms with Crippen molar-refractivity contribution in [2.75, 3.05) is 19.7 Å². The molecule has 0 saturated heterocycles. The first-order chi connectivity index (χ1) is 16.8. The Morgan fingerprint density at radius 2 is 1.31 bits per heavy atom. The Hall–Kier alpha value is -3.70. The number of carbonyl (C=O) groups is 4. The zero-order valence-electron chi connectivity index (χ0n) is 20.1. The summed E-state index contributed by atoms with van der Waals surface area (Å²) in [4.78, 5) is 56.5. The second-order valence-electron chi connectivity index (χ2n) is 7.87. The Labute approximate surface area is 207 Å². The summed E-state index contributed by atoms with van der Waals surface area (Å²) in [5.41, 5.74) is 26.8. The normalized spacial score (nSPS) is 14.8. The molecule has 0 fully saturated rings. The number of carboxylic acids is 1. The first kappa shape index (κ1) is 32.3. The summed E-state index contributed by atoms with van der Waals surface area (Å²) in [7, 11) is 0. The van der Waals surface area contributed by atoms with Crippen molar-refractivity contribution in [2.24, 2.45) is 38.7 Å². The van der Waals surface area contributed by atoms with Crippen LogP contribution in [0, 0.1) is 0 Å². The summed E-state index contributed by atoms with van der Waals surface area (Å²) >= 11 is 0. The second-order valence-corrected chi connectivity index (χ2v) is 7.87. The van der Waals surface area contributed by atoms with Crippen molar-refractivity contribution in [1.29, 1.82) is 0 Å². The molecule has 0 saturated carbocycles. The number of nitrogens with zero attached hydrogens (tertiary/aromatic N) is 2. The summed E-state index contributed by atoms with van der Waals surface area (Å²) in [6.07, 6.45) is -0.635. The van der Waals surface area contributed by atoms with E-state index < -0.39 is 60.6 Å². The van der Waals surface area contributed by atoms with Crippen molar-refractivity contribution in [2.45, 2.75) is 62.9 Å². The summed E-state index contributed by atoms with van der Waals surface area (Å²) in [5.74, 6) is -4.35. The lowest BCUT2D eigenvalue weighted by Crippen LogP contribution is -2.60. The van der Waals surface area contributed by atoms with Gasteiger partial charge in [0.1, 0.15) is 18.1 Å². The molecule has 17 nitrogen and oxygen atoms in total. The molecule has 36 heavy (non-hydrogen) atoms. The first-order valence-corrected chi connectivity index (χ1v) is 11.1. The van der Waals surface area contributed by atoms with Gasteiger partial charge in [-0.1, -0.05) is 0 Å². The van der Waals surface area contributed by atoms with E-state index in [0.717, 1.165) is 0 Å². The van der Waals surface area contributed by atoms with Gasteiger partial charge in [-0.05, 0) is 32.6 Å². The van der Waals surface area contributed by atoms with E-state index in [-0.39, 0.29) is 44.3 Å². The van der Waals surface area contributed by atoms with Gasteiger partial charge >= 0.3 is 5.97 Å². The molecule has 0 aliphatic heterocycles. The second kappa shape index (κ2) is 16.8. The Kier molecular flexibility index (Phi) is 15.1. The molecule has 0 spiro atoms. The van der Waals surface area contributed by atoms with E-state index >= 15 is 0 Å². The SMILES string of the molecule is CC(O)C(NC(=O)C(N)CCCN=C(N)N)C(=O)NC(CCCN=C(N)N)C(=O)NC(CO)C(=O)O. The average molecular weight is 519 g/mol. The highest BCUT2D eigenvalue weighted by Crippen LogP contribution is 2.04. The molecule has 5 atom stereocenters. The third kappa shape index (κ3) is 13.3. The standard InChI is InChI=1S/C19H38N10O7/c1-9(31)13(29-14(32)10(20)4-2-6-25-18(21)22)16(34)27-11(5-3-7-26-19(23)24)15(33)28-12(8-30)17(35)36/h9-13,30-31H,2-8,20H2,1H3,(H,27,34)(H,28,33)(H,29,32)(H,35,36)(H4,21,22,25)(H4,23,24,26). The van der Waals surface area contributed by atoms with Crippen LogP contribution >= 0.6 is 0 Å². The van der Waals surface area contributed by atoms with E-state index in [1.807, 2.05) is 0 Å². The predicted octanol–water partition coefficient (Wildman–Crippen LogP) is -5.67. The summed E-state index contributed by atoms with van der Waals surface area (Å²) in [6.45, 7) is 0.707. The van der Waals surface area contributed by atoms with Crippen LogP contribution in [-0.2, 0) is 19.2 Å². The van der Waals surface area contributed by atoms with E-state index in [9.17, 15) is 24.3 Å². The van der Waals surface area contributed by atoms with Crippen molar-refractivity contribution in [3.8, 4) is 0 Å². The summed E-state index contributed by atoms with van der Waals surface area (Å²) < 4.78 is 0. The third-order valence-corrected chi connectivity index (χ3v) is 4.74. The molecule has 0 aromatic heterocycles. The van der Waals surface area contributed by atoms with Crippen LogP contribution in [-0.4, -0.2) is 101 Å². The van der Waals surface area contributed by atoms with Crippen molar-refractivity contribution >= 4 is 35.6 Å². The molecule has 0 heterocycles. The van der Waals surface area contributed by atoms with E-state index in [1.165, 1.54) is 6.92 Å². The zero-order chi connectivity index (χ0) is 27.8. The smallest absolute Gasteiger partial charge is 0.328 e. The van der Waals surface area contributed by atoms with Gasteiger partial charge in [-0.25, -0.2) is 4.79 Å². The number of aliphatic hydroxyl groups excluding tert-OH is 2. The Morgan fingerprint density at radius 1 is 0.806 bits per heavy atom. The number of hydrogen-bond donors (Lipinski definition) is 11. The minimum absolute atomic E-state index is 0.0309. The van der Waals surface area contributed by atoms with Crippen molar-refractivity contribution in [3.63, 3.8) is 0 Å². The molecular formula is C19H38N10O7. The molecule has 206 valence electrons. The molecule has 0 bridgehead atoms. The summed E-state index contributed by atoms with van der Waals surface area (Å²) in [5, 5.41) is 35.1. The fraction of sp³-hybridized carbons (Fsp3) is 0.684. The molecule has 0 aromatic carbocycles. The maximum atomic E-state index is 12.8. The topological polar surface area (TPSA) is 320 Å². The van der Waals surface area contributed by atoms with Crippen LogP contribution < -0.4 is 44.6 Å². The Morgan fingerprint density at radius 3 is 1.75 bits per heavy atom. The van der Waals surface area contributed by atoms with Crippen molar-refractivity contribution < 1.29 is 34.5 Å². The number of rotatable bonds is 17. The largest absolute Gasteiger partial charge is 0.480 e. The Balaban J connectivity index is 5.35. The summed E-state index contributed by atoms with van der Waals surface area (Å²) in [6, 6.07) is -5.43. The highest BCUT2D eigenvalue weighted by Gasteiger charge is 2.32. The lowest BCUT2D eigenvalue weighted by molar-refractivity contribution is -0.143. The monoisotopic (exact) mass is 518 g/mol. The van der Waals surface area contributed by atoms with Gasteiger partial charge in [0.05, 0.1) is 18.8 Å². The van der Waals surface area contributed by atoms with Crippen LogP contribution in [0.2, 0.25) is 0 Å². The zero-order valence-corrected chi connectivity index (χ0v) is 20.1. The van der Waals surface area contributed by atoms with E-state index in [4.69, 9.17) is 38.9 Å². The maximum absolute atomic E-state index is 12.8. The third-order valence-electron chi connectivity index (χ3n) is 4.74. The molecular weight excluding hydrogens is 480 g/mol. The highest BCUT2D eigenvalue weighted by atomic mass is 16.4. The number of amides is 3. The van der Waals surface area contributed by atoms with Gasteiger partial charge in [0.2, 0.25) is 17.7 Å². The van der Waals surface area contributed by atoms with Crippen LogP contribution in [0.5, 0.6) is 0 Å². The number of aliphatic carboxylic acids is 1. The van der Waals surface area contributed by atoms with Gasteiger partial charge < -0.3 is 59.9 Å². The highest BCUT2D eigenvalue weighted by molar-refractivity contribution is 5.94. The van der Waals surface area contributed by atoms with Crippen LogP contribution in [0.15, 0.2) is 9.98 Å². The van der Waals surface area contributed by atoms with E-state index in [0.29, 0.717) is 6.42 Å². The number of hydrogen-bond acceptors (Lipinski definition) is 9. The van der Waals surface area contributed by atoms with Crippen molar-refractivity contribution in [3.05, 3.63) is 0 Å². The molecule has 5 unspecified atom stereocenters. The van der Waals surface area contributed by atoms with E-state index in [2.05, 4.69) is 25.9 Å². The average Bonchev–Trinajstić information content (AvgIpc) is 2.79. The fourth-order valence-corrected chi connectivity index (χ4v) is 2.81. The Bertz CT molecular complexity index is 797. The number of nitrogens with two attached hydrogens (primary N) is 5. The van der Waals surface area contributed by atoms with Crippen LogP contribution in [0.4, 0.5) is 0 Å². The van der Waals surface area contributed by atoms with Crippen LogP contribution in [0.25, 0.3) is 0 Å². The lowest BCUT2D eigenvalue weighted by atomic mass is 10.1. The number of carboxylic acid groups (broad SMARTS) is 1.